The predicted molar refractivity (Wildman–Crippen MR) is 61.2 cm³/mol. The fourth-order valence-electron chi connectivity index (χ4n) is 1.35. The molecule has 2 heteroatoms. The van der Waals surface area contributed by atoms with Crippen molar-refractivity contribution in [2.75, 3.05) is 7.05 Å². The van der Waals surface area contributed by atoms with Gasteiger partial charge in [0.25, 0.3) is 0 Å². The Morgan fingerprint density at radius 1 is 1.21 bits per heavy atom. The average molecular weight is 192 g/mol. The zero-order chi connectivity index (χ0) is 10.8. The van der Waals surface area contributed by atoms with Gasteiger partial charge >= 0.3 is 0 Å². The zero-order valence-corrected chi connectivity index (χ0v) is 9.46. The van der Waals surface area contributed by atoms with Gasteiger partial charge in [-0.1, -0.05) is 29.8 Å². The van der Waals surface area contributed by atoms with Gasteiger partial charge in [-0.3, -0.25) is 0 Å². The summed E-state index contributed by atoms with van der Waals surface area (Å²) in [6.07, 6.45) is 0. The van der Waals surface area contributed by atoms with Crippen molar-refractivity contribution in [2.24, 2.45) is 5.73 Å². The van der Waals surface area contributed by atoms with Crippen LogP contribution in [0.15, 0.2) is 24.3 Å². The summed E-state index contributed by atoms with van der Waals surface area (Å²) in [4.78, 5) is 0. The smallest absolute Gasteiger partial charge is 0.0474 e. The number of likely N-dealkylation sites (N-methyl/N-ethyl adjacent to an activating group) is 1. The Bertz CT molecular complexity index is 288. The standard InChI is InChI=1S/C12H20N2/c1-9-5-7-10(8-6-9)11(13)12(2,3)14-4/h5-8,11,14H,13H2,1-4H3. The Balaban J connectivity index is 2.89. The van der Waals surface area contributed by atoms with Crippen LogP contribution in [-0.4, -0.2) is 12.6 Å². The van der Waals surface area contributed by atoms with Gasteiger partial charge in [-0.15, -0.1) is 0 Å². The molecule has 0 saturated carbocycles. The summed E-state index contributed by atoms with van der Waals surface area (Å²) >= 11 is 0. The SMILES string of the molecule is CNC(C)(C)C(N)c1ccc(C)cc1. The molecule has 1 aromatic rings. The van der Waals surface area contributed by atoms with E-state index in [2.05, 4.69) is 50.4 Å². The van der Waals surface area contributed by atoms with Crippen LogP contribution in [0, 0.1) is 6.92 Å². The van der Waals surface area contributed by atoms with Gasteiger partial charge < -0.3 is 11.1 Å². The minimum atomic E-state index is -0.0741. The van der Waals surface area contributed by atoms with Crippen LogP contribution in [0.2, 0.25) is 0 Å². The molecule has 0 aliphatic carbocycles. The molecule has 3 N–H and O–H groups in total. The molecule has 1 unspecified atom stereocenters. The lowest BCUT2D eigenvalue weighted by atomic mass is 9.89. The Labute approximate surface area is 86.5 Å². The fraction of sp³-hybridized carbons (Fsp3) is 0.500. The number of rotatable bonds is 3. The molecule has 0 amide bonds. The Hall–Kier alpha value is -0.860. The summed E-state index contributed by atoms with van der Waals surface area (Å²) in [7, 11) is 1.94. The lowest BCUT2D eigenvalue weighted by Crippen LogP contribution is -2.46. The molecular weight excluding hydrogens is 172 g/mol. The lowest BCUT2D eigenvalue weighted by Gasteiger charge is -2.31. The molecule has 0 bridgehead atoms. The number of benzene rings is 1. The minimum Gasteiger partial charge on any atom is -0.322 e. The molecule has 0 aliphatic heterocycles. The average Bonchev–Trinajstić information content (AvgIpc) is 2.18. The largest absolute Gasteiger partial charge is 0.322 e. The highest BCUT2D eigenvalue weighted by Gasteiger charge is 2.25. The summed E-state index contributed by atoms with van der Waals surface area (Å²) in [5, 5.41) is 3.23. The van der Waals surface area contributed by atoms with Gasteiger partial charge in [-0.2, -0.15) is 0 Å². The van der Waals surface area contributed by atoms with E-state index in [9.17, 15) is 0 Å². The summed E-state index contributed by atoms with van der Waals surface area (Å²) in [6.45, 7) is 6.30. The Kier molecular flexibility index (Phi) is 3.29. The van der Waals surface area contributed by atoms with Crippen LogP contribution in [0.3, 0.4) is 0 Å². The van der Waals surface area contributed by atoms with Crippen molar-refractivity contribution >= 4 is 0 Å². The summed E-state index contributed by atoms with van der Waals surface area (Å²) < 4.78 is 0. The predicted octanol–water partition coefficient (Wildman–Crippen LogP) is 1.99. The van der Waals surface area contributed by atoms with Crippen molar-refractivity contribution in [2.45, 2.75) is 32.4 Å². The molecule has 0 saturated heterocycles. The molecular formula is C12H20N2. The molecule has 14 heavy (non-hydrogen) atoms. The topological polar surface area (TPSA) is 38.0 Å². The zero-order valence-electron chi connectivity index (χ0n) is 9.46. The van der Waals surface area contributed by atoms with E-state index >= 15 is 0 Å². The van der Waals surface area contributed by atoms with Gasteiger partial charge in [0.1, 0.15) is 0 Å². The maximum atomic E-state index is 6.17. The molecule has 0 aliphatic rings. The maximum absolute atomic E-state index is 6.17. The quantitative estimate of drug-likeness (QED) is 0.768. The summed E-state index contributed by atoms with van der Waals surface area (Å²) in [6, 6.07) is 8.41. The molecule has 0 spiro atoms. The Morgan fingerprint density at radius 2 is 1.71 bits per heavy atom. The maximum Gasteiger partial charge on any atom is 0.0474 e. The normalized spacial score (nSPS) is 14.1. The minimum absolute atomic E-state index is 0.0214. The monoisotopic (exact) mass is 192 g/mol. The number of hydrogen-bond donors (Lipinski definition) is 2. The van der Waals surface area contributed by atoms with Crippen molar-refractivity contribution in [3.63, 3.8) is 0 Å². The van der Waals surface area contributed by atoms with E-state index in [1.54, 1.807) is 0 Å². The third kappa shape index (κ3) is 2.34. The molecule has 0 radical (unpaired) electrons. The third-order valence-corrected chi connectivity index (χ3v) is 2.86. The van der Waals surface area contributed by atoms with Gasteiger partial charge in [-0.05, 0) is 33.4 Å². The fourth-order valence-corrected chi connectivity index (χ4v) is 1.35. The van der Waals surface area contributed by atoms with E-state index in [1.807, 2.05) is 7.05 Å². The first kappa shape index (κ1) is 11.2. The van der Waals surface area contributed by atoms with Gasteiger partial charge in [0.2, 0.25) is 0 Å². The van der Waals surface area contributed by atoms with E-state index in [0.29, 0.717) is 0 Å². The number of aryl methyl sites for hydroxylation is 1. The molecule has 0 heterocycles. The van der Waals surface area contributed by atoms with Crippen LogP contribution >= 0.6 is 0 Å². The summed E-state index contributed by atoms with van der Waals surface area (Å²) in [5.74, 6) is 0. The molecule has 1 atom stereocenters. The van der Waals surface area contributed by atoms with Crippen molar-refractivity contribution in [3.05, 3.63) is 35.4 Å². The first-order valence-corrected chi connectivity index (χ1v) is 4.98. The second-order valence-corrected chi connectivity index (χ2v) is 4.36. The highest BCUT2D eigenvalue weighted by molar-refractivity contribution is 5.26. The third-order valence-electron chi connectivity index (χ3n) is 2.86. The second-order valence-electron chi connectivity index (χ2n) is 4.36. The van der Waals surface area contributed by atoms with E-state index in [1.165, 1.54) is 11.1 Å². The van der Waals surface area contributed by atoms with Gasteiger partial charge in [0.05, 0.1) is 0 Å². The van der Waals surface area contributed by atoms with E-state index in [4.69, 9.17) is 5.73 Å². The molecule has 1 aromatic carbocycles. The van der Waals surface area contributed by atoms with Gasteiger partial charge in [-0.25, -0.2) is 0 Å². The summed E-state index contributed by atoms with van der Waals surface area (Å²) in [5.41, 5.74) is 8.54. The van der Waals surface area contributed by atoms with Crippen LogP contribution < -0.4 is 11.1 Å². The molecule has 0 aromatic heterocycles. The lowest BCUT2D eigenvalue weighted by molar-refractivity contribution is 0.348. The molecule has 78 valence electrons. The van der Waals surface area contributed by atoms with E-state index < -0.39 is 0 Å². The highest BCUT2D eigenvalue weighted by atomic mass is 15.0. The van der Waals surface area contributed by atoms with E-state index in [0.717, 1.165) is 0 Å². The first-order chi connectivity index (χ1) is 6.47. The van der Waals surface area contributed by atoms with E-state index in [-0.39, 0.29) is 11.6 Å². The van der Waals surface area contributed by atoms with Crippen LogP contribution in [0.1, 0.15) is 31.0 Å². The second kappa shape index (κ2) is 4.11. The van der Waals surface area contributed by atoms with Crippen molar-refractivity contribution in [1.82, 2.24) is 5.32 Å². The van der Waals surface area contributed by atoms with Crippen LogP contribution in [0.25, 0.3) is 0 Å². The van der Waals surface area contributed by atoms with Crippen molar-refractivity contribution < 1.29 is 0 Å². The van der Waals surface area contributed by atoms with Gasteiger partial charge in [0, 0.05) is 11.6 Å². The van der Waals surface area contributed by atoms with Crippen LogP contribution in [0.5, 0.6) is 0 Å². The first-order valence-electron chi connectivity index (χ1n) is 4.98. The number of nitrogens with two attached hydrogens (primary N) is 1. The highest BCUT2D eigenvalue weighted by Crippen LogP contribution is 2.22. The van der Waals surface area contributed by atoms with Crippen LogP contribution in [-0.2, 0) is 0 Å². The molecule has 2 nitrogen and oxygen atoms in total. The number of hydrogen-bond acceptors (Lipinski definition) is 2. The number of nitrogens with one attached hydrogen (secondary N) is 1. The van der Waals surface area contributed by atoms with Crippen molar-refractivity contribution in [3.8, 4) is 0 Å². The Morgan fingerprint density at radius 3 is 2.14 bits per heavy atom. The molecule has 0 fully saturated rings. The van der Waals surface area contributed by atoms with Crippen molar-refractivity contribution in [1.29, 1.82) is 0 Å². The van der Waals surface area contributed by atoms with Crippen LogP contribution in [0.4, 0.5) is 0 Å². The molecule has 1 rings (SSSR count). The van der Waals surface area contributed by atoms with Gasteiger partial charge in [0.15, 0.2) is 0 Å².